The zero-order valence-corrected chi connectivity index (χ0v) is 14.8. The minimum absolute atomic E-state index is 0.0239. The lowest BCUT2D eigenvalue weighted by atomic mass is 10.1. The Labute approximate surface area is 137 Å². The highest BCUT2D eigenvalue weighted by Gasteiger charge is 2.04. The van der Waals surface area contributed by atoms with Crippen LogP contribution in [0.25, 0.3) is 0 Å². The predicted octanol–water partition coefficient (Wildman–Crippen LogP) is 5.71. The lowest BCUT2D eigenvalue weighted by Crippen LogP contribution is -2.24. The van der Waals surface area contributed by atoms with Gasteiger partial charge in [-0.1, -0.05) is 80.3 Å². The SMILES string of the molecule is CCCCCCCCCCCNC(=O)c1cccc(Br)c1. The van der Waals surface area contributed by atoms with Gasteiger partial charge in [0.1, 0.15) is 0 Å². The number of rotatable bonds is 11. The molecule has 1 aromatic carbocycles. The van der Waals surface area contributed by atoms with Gasteiger partial charge in [-0.15, -0.1) is 0 Å². The average molecular weight is 354 g/mol. The molecule has 0 aliphatic rings. The Morgan fingerprint density at radius 3 is 2.24 bits per heavy atom. The molecule has 1 N–H and O–H groups in total. The summed E-state index contributed by atoms with van der Waals surface area (Å²) in [5, 5.41) is 2.99. The Morgan fingerprint density at radius 2 is 1.62 bits per heavy atom. The van der Waals surface area contributed by atoms with E-state index in [0.29, 0.717) is 0 Å². The van der Waals surface area contributed by atoms with Crippen molar-refractivity contribution in [2.24, 2.45) is 0 Å². The van der Waals surface area contributed by atoms with E-state index in [1.165, 1.54) is 51.4 Å². The maximum atomic E-state index is 11.9. The molecule has 0 spiro atoms. The molecule has 118 valence electrons. The van der Waals surface area contributed by atoms with Gasteiger partial charge in [-0.25, -0.2) is 0 Å². The highest BCUT2D eigenvalue weighted by molar-refractivity contribution is 9.10. The molecule has 0 fully saturated rings. The quantitative estimate of drug-likeness (QED) is 0.507. The van der Waals surface area contributed by atoms with Gasteiger partial charge in [0, 0.05) is 16.6 Å². The van der Waals surface area contributed by atoms with Crippen molar-refractivity contribution in [1.29, 1.82) is 0 Å². The van der Waals surface area contributed by atoms with E-state index in [0.717, 1.165) is 23.0 Å². The monoisotopic (exact) mass is 353 g/mol. The Bertz CT molecular complexity index is 406. The van der Waals surface area contributed by atoms with Crippen molar-refractivity contribution in [2.75, 3.05) is 6.54 Å². The first kappa shape index (κ1) is 18.2. The highest BCUT2D eigenvalue weighted by Crippen LogP contribution is 2.12. The van der Waals surface area contributed by atoms with Crippen molar-refractivity contribution >= 4 is 21.8 Å². The molecule has 21 heavy (non-hydrogen) atoms. The Balaban J connectivity index is 1.98. The van der Waals surface area contributed by atoms with Crippen molar-refractivity contribution in [3.05, 3.63) is 34.3 Å². The summed E-state index contributed by atoms with van der Waals surface area (Å²) in [7, 11) is 0. The fraction of sp³-hybridized carbons (Fsp3) is 0.611. The molecule has 0 atom stereocenters. The number of nitrogens with one attached hydrogen (secondary N) is 1. The van der Waals surface area contributed by atoms with Crippen LogP contribution in [-0.2, 0) is 0 Å². The van der Waals surface area contributed by atoms with Gasteiger partial charge in [-0.05, 0) is 24.6 Å². The molecule has 0 radical (unpaired) electrons. The molecule has 0 aromatic heterocycles. The summed E-state index contributed by atoms with van der Waals surface area (Å²) in [6.45, 7) is 3.03. The van der Waals surface area contributed by atoms with Crippen LogP contribution >= 0.6 is 15.9 Å². The first-order valence-corrected chi connectivity index (χ1v) is 9.07. The van der Waals surface area contributed by atoms with Crippen LogP contribution in [0, 0.1) is 0 Å². The Hall–Kier alpha value is -0.830. The first-order valence-electron chi connectivity index (χ1n) is 8.28. The van der Waals surface area contributed by atoms with Crippen LogP contribution in [0.3, 0.4) is 0 Å². The van der Waals surface area contributed by atoms with Gasteiger partial charge >= 0.3 is 0 Å². The molecular formula is C18H28BrNO. The van der Waals surface area contributed by atoms with E-state index in [1.54, 1.807) is 0 Å². The van der Waals surface area contributed by atoms with Crippen molar-refractivity contribution in [3.63, 3.8) is 0 Å². The lowest BCUT2D eigenvalue weighted by molar-refractivity contribution is 0.0953. The van der Waals surface area contributed by atoms with Crippen LogP contribution in [-0.4, -0.2) is 12.5 Å². The van der Waals surface area contributed by atoms with Crippen molar-refractivity contribution < 1.29 is 4.79 Å². The fourth-order valence-electron chi connectivity index (χ4n) is 2.37. The van der Waals surface area contributed by atoms with Gasteiger partial charge in [0.2, 0.25) is 0 Å². The first-order chi connectivity index (χ1) is 10.2. The van der Waals surface area contributed by atoms with Gasteiger partial charge in [-0.3, -0.25) is 4.79 Å². The second-order valence-corrected chi connectivity index (χ2v) is 6.51. The van der Waals surface area contributed by atoms with E-state index in [-0.39, 0.29) is 5.91 Å². The summed E-state index contributed by atoms with van der Waals surface area (Å²) in [5.74, 6) is 0.0239. The maximum Gasteiger partial charge on any atom is 0.251 e. The van der Waals surface area contributed by atoms with Crippen LogP contribution in [0.1, 0.15) is 75.1 Å². The van der Waals surface area contributed by atoms with Crippen LogP contribution < -0.4 is 5.32 Å². The van der Waals surface area contributed by atoms with E-state index in [9.17, 15) is 4.79 Å². The summed E-state index contributed by atoms with van der Waals surface area (Å²) in [4.78, 5) is 11.9. The topological polar surface area (TPSA) is 29.1 Å². The Morgan fingerprint density at radius 1 is 1.00 bits per heavy atom. The number of halogens is 1. The summed E-state index contributed by atoms with van der Waals surface area (Å²) in [6.07, 6.45) is 11.7. The zero-order chi connectivity index (χ0) is 15.3. The lowest BCUT2D eigenvalue weighted by Gasteiger charge is -2.06. The molecule has 1 rings (SSSR count). The van der Waals surface area contributed by atoms with E-state index in [2.05, 4.69) is 28.2 Å². The second-order valence-electron chi connectivity index (χ2n) is 5.59. The number of carbonyl (C=O) groups is 1. The second kappa shape index (κ2) is 11.8. The van der Waals surface area contributed by atoms with Crippen LogP contribution in [0.5, 0.6) is 0 Å². The van der Waals surface area contributed by atoms with E-state index < -0.39 is 0 Å². The highest BCUT2D eigenvalue weighted by atomic mass is 79.9. The zero-order valence-electron chi connectivity index (χ0n) is 13.2. The van der Waals surface area contributed by atoms with Crippen LogP contribution in [0.15, 0.2) is 28.7 Å². The predicted molar refractivity (Wildman–Crippen MR) is 93.7 cm³/mol. The molecule has 0 aliphatic heterocycles. The van der Waals surface area contributed by atoms with Gasteiger partial charge in [-0.2, -0.15) is 0 Å². The molecule has 0 saturated heterocycles. The summed E-state index contributed by atoms with van der Waals surface area (Å²) >= 11 is 3.38. The minimum Gasteiger partial charge on any atom is -0.352 e. The maximum absolute atomic E-state index is 11.9. The number of benzene rings is 1. The summed E-state index contributed by atoms with van der Waals surface area (Å²) < 4.78 is 0.943. The molecule has 0 bridgehead atoms. The Kier molecular flexibility index (Phi) is 10.2. The standard InChI is InChI=1S/C18H28BrNO/c1-2-3-4-5-6-7-8-9-10-14-20-18(21)16-12-11-13-17(19)15-16/h11-13,15H,2-10,14H2,1H3,(H,20,21). The molecule has 0 aliphatic carbocycles. The van der Waals surface area contributed by atoms with Crippen molar-refractivity contribution in [2.45, 2.75) is 64.7 Å². The number of carbonyl (C=O) groups excluding carboxylic acids is 1. The third kappa shape index (κ3) is 8.92. The molecular weight excluding hydrogens is 326 g/mol. The summed E-state index contributed by atoms with van der Waals surface area (Å²) in [6, 6.07) is 7.51. The average Bonchev–Trinajstić information content (AvgIpc) is 2.49. The van der Waals surface area contributed by atoms with Crippen LogP contribution in [0.4, 0.5) is 0 Å². The van der Waals surface area contributed by atoms with Gasteiger partial charge in [0.05, 0.1) is 0 Å². The molecule has 2 nitrogen and oxygen atoms in total. The number of unbranched alkanes of at least 4 members (excludes halogenated alkanes) is 8. The third-order valence-electron chi connectivity index (χ3n) is 3.65. The van der Waals surface area contributed by atoms with Crippen molar-refractivity contribution in [3.8, 4) is 0 Å². The molecule has 0 saturated carbocycles. The molecule has 1 aromatic rings. The molecule has 3 heteroatoms. The van der Waals surface area contributed by atoms with E-state index in [1.807, 2.05) is 24.3 Å². The van der Waals surface area contributed by atoms with Crippen LogP contribution in [0.2, 0.25) is 0 Å². The largest absolute Gasteiger partial charge is 0.352 e. The van der Waals surface area contributed by atoms with E-state index >= 15 is 0 Å². The number of hydrogen-bond acceptors (Lipinski definition) is 1. The van der Waals surface area contributed by atoms with Crippen molar-refractivity contribution in [1.82, 2.24) is 5.32 Å². The van der Waals surface area contributed by atoms with Gasteiger partial charge in [0.15, 0.2) is 0 Å². The molecule has 1 amide bonds. The molecule has 0 unspecified atom stereocenters. The van der Waals surface area contributed by atoms with E-state index in [4.69, 9.17) is 0 Å². The number of hydrogen-bond donors (Lipinski definition) is 1. The number of amides is 1. The van der Waals surface area contributed by atoms with Gasteiger partial charge in [0.25, 0.3) is 5.91 Å². The minimum atomic E-state index is 0.0239. The summed E-state index contributed by atoms with van der Waals surface area (Å²) in [5.41, 5.74) is 0.722. The fourth-order valence-corrected chi connectivity index (χ4v) is 2.77. The third-order valence-corrected chi connectivity index (χ3v) is 4.15. The smallest absolute Gasteiger partial charge is 0.251 e. The molecule has 0 heterocycles. The van der Waals surface area contributed by atoms with Gasteiger partial charge < -0.3 is 5.32 Å². The normalized spacial score (nSPS) is 10.6.